The van der Waals surface area contributed by atoms with Gasteiger partial charge >= 0.3 is 5.97 Å². The normalized spacial score (nSPS) is 10.8. The van der Waals surface area contributed by atoms with Crippen LogP contribution in [0.2, 0.25) is 0 Å². The molecule has 6 heteroatoms. The largest absolute Gasteiger partial charge is 0.482 e. The van der Waals surface area contributed by atoms with Crippen molar-refractivity contribution in [2.75, 3.05) is 13.2 Å². The number of ketones is 1. The van der Waals surface area contributed by atoms with Gasteiger partial charge in [-0.1, -0.05) is 70.5 Å². The highest BCUT2D eigenvalue weighted by atomic mass is 79.9. The van der Waals surface area contributed by atoms with Gasteiger partial charge in [-0.05, 0) is 29.8 Å². The fourth-order valence-corrected chi connectivity index (χ4v) is 3.95. The zero-order valence-corrected chi connectivity index (χ0v) is 18.5. The van der Waals surface area contributed by atoms with Crippen LogP contribution in [0.1, 0.15) is 10.4 Å². The van der Waals surface area contributed by atoms with Gasteiger partial charge in [-0.25, -0.2) is 4.79 Å². The van der Waals surface area contributed by atoms with Crippen LogP contribution in [0, 0.1) is 0 Å². The number of esters is 1. The van der Waals surface area contributed by atoms with E-state index in [1.54, 1.807) is 18.2 Å². The van der Waals surface area contributed by atoms with E-state index in [0.29, 0.717) is 11.3 Å². The molecule has 3 aromatic carbocycles. The van der Waals surface area contributed by atoms with Crippen molar-refractivity contribution in [3.8, 4) is 17.0 Å². The molecule has 0 bridgehead atoms. The minimum absolute atomic E-state index is 0.258. The minimum Gasteiger partial charge on any atom is -0.482 e. The number of ether oxygens (including phenoxy) is 2. The number of rotatable bonds is 7. The molecule has 4 aromatic rings. The second-order valence-electron chi connectivity index (χ2n) is 7.00. The van der Waals surface area contributed by atoms with Gasteiger partial charge in [0.05, 0.1) is 11.3 Å². The first-order chi connectivity index (χ1) is 15.0. The van der Waals surface area contributed by atoms with Crippen LogP contribution in [0.4, 0.5) is 0 Å². The van der Waals surface area contributed by atoms with Crippen molar-refractivity contribution < 1.29 is 19.1 Å². The van der Waals surface area contributed by atoms with Gasteiger partial charge in [0.2, 0.25) is 5.78 Å². The molecule has 0 atom stereocenters. The fourth-order valence-electron chi connectivity index (χ4n) is 3.57. The maximum absolute atomic E-state index is 13.2. The van der Waals surface area contributed by atoms with Crippen molar-refractivity contribution in [1.82, 2.24) is 4.57 Å². The van der Waals surface area contributed by atoms with E-state index in [-0.39, 0.29) is 19.0 Å². The number of hydrogen-bond donors (Lipinski definition) is 0. The lowest BCUT2D eigenvalue weighted by Gasteiger charge is -2.09. The number of hydrogen-bond acceptors (Lipinski definition) is 4. The van der Waals surface area contributed by atoms with Gasteiger partial charge in [0.25, 0.3) is 0 Å². The number of Topliss-reactive ketones (excluding diaryl/α,β-unsaturated/α-hetero) is 1. The standard InChI is InChI=1S/C25H20BrNO4/c1-27-21-13-6-5-12-20(21)24(25(27)17-8-3-2-4-9-17)22(28)15-31-23(29)16-30-19-11-7-10-18(26)14-19/h2-14H,15-16H2,1H3. The first-order valence-electron chi connectivity index (χ1n) is 9.74. The van der Waals surface area contributed by atoms with Crippen molar-refractivity contribution in [2.24, 2.45) is 7.05 Å². The molecule has 1 aromatic heterocycles. The van der Waals surface area contributed by atoms with E-state index in [1.807, 2.05) is 72.3 Å². The van der Waals surface area contributed by atoms with Crippen molar-refractivity contribution in [3.63, 3.8) is 0 Å². The number of aromatic nitrogens is 1. The summed E-state index contributed by atoms with van der Waals surface area (Å²) in [5.41, 5.74) is 3.21. The monoisotopic (exact) mass is 477 g/mol. The van der Waals surface area contributed by atoms with Gasteiger partial charge in [0, 0.05) is 22.4 Å². The van der Waals surface area contributed by atoms with Crippen LogP contribution in [0.25, 0.3) is 22.2 Å². The van der Waals surface area contributed by atoms with Gasteiger partial charge in [-0.2, -0.15) is 0 Å². The van der Waals surface area contributed by atoms with Crippen LogP contribution in [0.15, 0.2) is 83.3 Å². The Morgan fingerprint density at radius 3 is 2.42 bits per heavy atom. The Bertz CT molecular complexity index is 1250. The molecule has 156 valence electrons. The summed E-state index contributed by atoms with van der Waals surface area (Å²) in [5.74, 6) is -0.320. The quantitative estimate of drug-likeness (QED) is 0.263. The Morgan fingerprint density at radius 2 is 1.65 bits per heavy atom. The Kier molecular flexibility index (Phi) is 6.18. The van der Waals surface area contributed by atoms with E-state index in [2.05, 4.69) is 15.9 Å². The van der Waals surface area contributed by atoms with Gasteiger partial charge in [0.1, 0.15) is 5.75 Å². The lowest BCUT2D eigenvalue weighted by Crippen LogP contribution is -2.20. The number of para-hydroxylation sites is 1. The maximum Gasteiger partial charge on any atom is 0.344 e. The van der Waals surface area contributed by atoms with Crippen LogP contribution in [-0.2, 0) is 16.6 Å². The summed E-state index contributed by atoms with van der Waals surface area (Å²) in [6.45, 7) is -0.626. The van der Waals surface area contributed by atoms with E-state index in [4.69, 9.17) is 9.47 Å². The van der Waals surface area contributed by atoms with Crippen LogP contribution in [0.5, 0.6) is 5.75 Å². The number of carbonyl (C=O) groups excluding carboxylic acids is 2. The third-order valence-corrected chi connectivity index (χ3v) is 5.44. The van der Waals surface area contributed by atoms with Crippen molar-refractivity contribution in [2.45, 2.75) is 0 Å². The molecule has 0 aliphatic carbocycles. The Morgan fingerprint density at radius 1 is 0.903 bits per heavy atom. The SMILES string of the molecule is Cn1c(-c2ccccc2)c(C(=O)COC(=O)COc2cccc(Br)c2)c2ccccc21. The highest BCUT2D eigenvalue weighted by Crippen LogP contribution is 2.33. The Labute approximate surface area is 188 Å². The van der Waals surface area contributed by atoms with Crippen molar-refractivity contribution in [1.29, 1.82) is 0 Å². The molecule has 0 saturated heterocycles. The summed E-state index contributed by atoms with van der Waals surface area (Å²) in [6.07, 6.45) is 0. The molecule has 0 unspecified atom stereocenters. The third kappa shape index (κ3) is 4.54. The highest BCUT2D eigenvalue weighted by molar-refractivity contribution is 9.10. The molecule has 0 N–H and O–H groups in total. The molecular weight excluding hydrogens is 458 g/mol. The van der Waals surface area contributed by atoms with Crippen LogP contribution < -0.4 is 4.74 Å². The number of nitrogens with zero attached hydrogens (tertiary/aromatic N) is 1. The minimum atomic E-state index is -0.602. The summed E-state index contributed by atoms with van der Waals surface area (Å²) in [7, 11) is 1.93. The number of fused-ring (bicyclic) bond motifs is 1. The van der Waals surface area contributed by atoms with Gasteiger partial charge in [-0.3, -0.25) is 4.79 Å². The molecule has 4 rings (SSSR count). The molecule has 5 nitrogen and oxygen atoms in total. The summed E-state index contributed by atoms with van der Waals surface area (Å²) < 4.78 is 13.5. The topological polar surface area (TPSA) is 57.5 Å². The summed E-state index contributed by atoms with van der Waals surface area (Å²) >= 11 is 3.35. The summed E-state index contributed by atoms with van der Waals surface area (Å²) in [5, 5.41) is 0.829. The zero-order valence-electron chi connectivity index (χ0n) is 16.9. The molecule has 0 fully saturated rings. The zero-order chi connectivity index (χ0) is 21.8. The van der Waals surface area contributed by atoms with Crippen LogP contribution in [0.3, 0.4) is 0 Å². The maximum atomic E-state index is 13.2. The predicted octanol–water partition coefficient (Wildman–Crippen LogP) is 5.41. The molecule has 0 amide bonds. The van der Waals surface area contributed by atoms with E-state index in [0.717, 1.165) is 26.6 Å². The first-order valence-corrected chi connectivity index (χ1v) is 10.5. The second-order valence-corrected chi connectivity index (χ2v) is 7.91. The molecular formula is C25H20BrNO4. The summed E-state index contributed by atoms with van der Waals surface area (Å²) in [6, 6.07) is 24.6. The van der Waals surface area contributed by atoms with Gasteiger partial charge in [0.15, 0.2) is 13.2 Å². The average molecular weight is 478 g/mol. The smallest absolute Gasteiger partial charge is 0.344 e. The van der Waals surface area contributed by atoms with Gasteiger partial charge in [-0.15, -0.1) is 0 Å². The first kappa shape index (κ1) is 20.9. The number of aryl methyl sites for hydroxylation is 1. The number of halogens is 1. The van der Waals surface area contributed by atoms with E-state index >= 15 is 0 Å². The predicted molar refractivity (Wildman–Crippen MR) is 123 cm³/mol. The highest BCUT2D eigenvalue weighted by Gasteiger charge is 2.23. The Balaban J connectivity index is 1.53. The lowest BCUT2D eigenvalue weighted by atomic mass is 10.0. The number of benzene rings is 3. The lowest BCUT2D eigenvalue weighted by molar-refractivity contribution is -0.144. The van der Waals surface area contributed by atoms with Crippen LogP contribution >= 0.6 is 15.9 Å². The van der Waals surface area contributed by atoms with E-state index < -0.39 is 5.97 Å². The number of carbonyl (C=O) groups is 2. The molecule has 31 heavy (non-hydrogen) atoms. The van der Waals surface area contributed by atoms with E-state index in [1.165, 1.54) is 0 Å². The molecule has 0 spiro atoms. The fraction of sp³-hybridized carbons (Fsp3) is 0.120. The summed E-state index contributed by atoms with van der Waals surface area (Å²) in [4.78, 5) is 25.3. The van der Waals surface area contributed by atoms with E-state index in [9.17, 15) is 9.59 Å². The van der Waals surface area contributed by atoms with Gasteiger partial charge < -0.3 is 14.0 Å². The second kappa shape index (κ2) is 9.18. The molecule has 0 radical (unpaired) electrons. The van der Waals surface area contributed by atoms with Crippen LogP contribution in [-0.4, -0.2) is 29.5 Å². The molecule has 1 heterocycles. The van der Waals surface area contributed by atoms with Crippen molar-refractivity contribution in [3.05, 3.63) is 88.9 Å². The third-order valence-electron chi connectivity index (χ3n) is 4.95. The molecule has 0 aliphatic heterocycles. The van der Waals surface area contributed by atoms with Crippen molar-refractivity contribution >= 4 is 38.6 Å². The molecule has 0 aliphatic rings. The average Bonchev–Trinajstić information content (AvgIpc) is 3.09. The Hall–Kier alpha value is -3.38. The molecule has 0 saturated carbocycles.